The lowest BCUT2D eigenvalue weighted by Gasteiger charge is -2.12. The van der Waals surface area contributed by atoms with E-state index in [2.05, 4.69) is 10.5 Å². The van der Waals surface area contributed by atoms with E-state index in [1.807, 2.05) is 24.3 Å². The Hall–Kier alpha value is -3.33. The smallest absolute Gasteiger partial charge is 0.280 e. The van der Waals surface area contributed by atoms with Crippen LogP contribution in [0, 0.1) is 11.3 Å². The van der Waals surface area contributed by atoms with Crippen LogP contribution in [0.1, 0.15) is 18.1 Å². The predicted octanol–water partition coefficient (Wildman–Crippen LogP) is 2.48. The maximum Gasteiger partial charge on any atom is 0.280 e. The number of benzene rings is 2. The van der Waals surface area contributed by atoms with Gasteiger partial charge in [-0.25, -0.2) is 5.43 Å². The molecule has 24 heavy (non-hydrogen) atoms. The third-order valence-corrected chi connectivity index (χ3v) is 3.18. The largest absolute Gasteiger partial charge is 0.496 e. The minimum atomic E-state index is -0.729. The summed E-state index contributed by atoms with van der Waals surface area (Å²) in [6, 6.07) is 15.9. The van der Waals surface area contributed by atoms with Crippen molar-refractivity contribution in [2.45, 2.75) is 13.0 Å². The Morgan fingerprint density at radius 1 is 1.25 bits per heavy atom. The summed E-state index contributed by atoms with van der Waals surface area (Å²) in [5.41, 5.74) is 3.70. The van der Waals surface area contributed by atoms with Gasteiger partial charge in [-0.3, -0.25) is 4.79 Å². The van der Waals surface area contributed by atoms with Crippen molar-refractivity contribution < 1.29 is 14.3 Å². The lowest BCUT2D eigenvalue weighted by molar-refractivity contribution is -0.127. The van der Waals surface area contributed by atoms with E-state index in [1.165, 1.54) is 6.21 Å². The van der Waals surface area contributed by atoms with E-state index in [-0.39, 0.29) is 5.91 Å². The Kier molecular flexibility index (Phi) is 5.92. The van der Waals surface area contributed by atoms with Crippen LogP contribution >= 0.6 is 0 Å². The Labute approximate surface area is 140 Å². The molecule has 0 fully saturated rings. The van der Waals surface area contributed by atoms with Gasteiger partial charge in [0.05, 0.1) is 25.0 Å². The van der Waals surface area contributed by atoms with Gasteiger partial charge in [0.25, 0.3) is 5.91 Å². The monoisotopic (exact) mass is 323 g/mol. The molecule has 1 amide bonds. The summed E-state index contributed by atoms with van der Waals surface area (Å²) >= 11 is 0. The second-order valence-electron chi connectivity index (χ2n) is 4.87. The van der Waals surface area contributed by atoms with Crippen LogP contribution in [0.4, 0.5) is 0 Å². The maximum absolute atomic E-state index is 12.0. The fourth-order valence-corrected chi connectivity index (χ4v) is 1.90. The molecule has 1 N–H and O–H groups in total. The number of hydrazone groups is 1. The first-order valence-electron chi connectivity index (χ1n) is 7.27. The minimum absolute atomic E-state index is 0.384. The maximum atomic E-state index is 12.0. The summed E-state index contributed by atoms with van der Waals surface area (Å²) in [6.07, 6.45) is 0.776. The van der Waals surface area contributed by atoms with Crippen molar-refractivity contribution in [1.82, 2.24) is 5.43 Å². The molecule has 0 saturated carbocycles. The third-order valence-electron chi connectivity index (χ3n) is 3.18. The van der Waals surface area contributed by atoms with Gasteiger partial charge >= 0.3 is 0 Å². The standard InChI is InChI=1S/C18H17N3O3/c1-13(24-16-9-7-14(11-19)8-10-16)18(22)21-20-12-15-5-3-4-6-17(15)23-2/h3-10,12-13H,1-2H3,(H,21,22)/b20-12+. The normalized spacial score (nSPS) is 11.5. The van der Waals surface area contributed by atoms with Gasteiger partial charge in [-0.15, -0.1) is 0 Å². The molecular formula is C18H17N3O3. The Morgan fingerprint density at radius 3 is 2.62 bits per heavy atom. The highest BCUT2D eigenvalue weighted by molar-refractivity contribution is 5.86. The summed E-state index contributed by atoms with van der Waals surface area (Å²) in [5.74, 6) is 0.785. The quantitative estimate of drug-likeness (QED) is 0.654. The van der Waals surface area contributed by atoms with Crippen LogP contribution in [-0.2, 0) is 4.79 Å². The highest BCUT2D eigenvalue weighted by Crippen LogP contribution is 2.15. The number of carbonyl (C=O) groups excluding carboxylic acids is 1. The van der Waals surface area contributed by atoms with Gasteiger partial charge in [0.2, 0.25) is 0 Å². The molecule has 2 aromatic rings. The van der Waals surface area contributed by atoms with Crippen molar-refractivity contribution in [3.63, 3.8) is 0 Å². The first-order chi connectivity index (χ1) is 11.6. The van der Waals surface area contributed by atoms with Crippen molar-refractivity contribution in [2.24, 2.45) is 5.10 Å². The molecule has 0 aromatic heterocycles. The Morgan fingerprint density at radius 2 is 1.96 bits per heavy atom. The van der Waals surface area contributed by atoms with Crippen molar-refractivity contribution >= 4 is 12.1 Å². The van der Waals surface area contributed by atoms with Crippen molar-refractivity contribution in [3.8, 4) is 17.6 Å². The fraction of sp³-hybridized carbons (Fsp3) is 0.167. The summed E-state index contributed by atoms with van der Waals surface area (Å²) < 4.78 is 10.7. The Bertz CT molecular complexity index is 764. The molecule has 2 rings (SSSR count). The van der Waals surface area contributed by atoms with Gasteiger partial charge in [0.1, 0.15) is 11.5 Å². The van der Waals surface area contributed by atoms with E-state index >= 15 is 0 Å². The highest BCUT2D eigenvalue weighted by atomic mass is 16.5. The summed E-state index contributed by atoms with van der Waals surface area (Å²) in [4.78, 5) is 12.0. The second kappa shape index (κ2) is 8.34. The predicted molar refractivity (Wildman–Crippen MR) is 90.0 cm³/mol. The molecule has 2 aromatic carbocycles. The zero-order chi connectivity index (χ0) is 17.4. The van der Waals surface area contributed by atoms with E-state index in [4.69, 9.17) is 14.7 Å². The number of hydrogen-bond donors (Lipinski definition) is 1. The van der Waals surface area contributed by atoms with Crippen LogP contribution in [0.3, 0.4) is 0 Å². The molecule has 0 aliphatic rings. The topological polar surface area (TPSA) is 83.7 Å². The van der Waals surface area contributed by atoms with E-state index in [1.54, 1.807) is 44.4 Å². The lowest BCUT2D eigenvalue weighted by atomic mass is 10.2. The van der Waals surface area contributed by atoms with Crippen LogP contribution in [0.5, 0.6) is 11.5 Å². The number of rotatable bonds is 6. The molecule has 6 heteroatoms. The molecule has 0 aliphatic heterocycles. The molecule has 0 spiro atoms. The average Bonchev–Trinajstić information content (AvgIpc) is 2.62. The number of nitriles is 1. The molecule has 0 bridgehead atoms. The number of methoxy groups -OCH3 is 1. The summed E-state index contributed by atoms with van der Waals surface area (Å²) in [6.45, 7) is 1.62. The van der Waals surface area contributed by atoms with Crippen LogP contribution in [0.2, 0.25) is 0 Å². The summed E-state index contributed by atoms with van der Waals surface area (Å²) in [7, 11) is 1.57. The number of nitrogens with zero attached hydrogens (tertiary/aromatic N) is 2. The summed E-state index contributed by atoms with van der Waals surface area (Å²) in [5, 5.41) is 12.7. The van der Waals surface area contributed by atoms with Gasteiger partial charge in [-0.1, -0.05) is 12.1 Å². The van der Waals surface area contributed by atoms with Crippen molar-refractivity contribution in [1.29, 1.82) is 5.26 Å². The average molecular weight is 323 g/mol. The van der Waals surface area contributed by atoms with Crippen LogP contribution < -0.4 is 14.9 Å². The van der Waals surface area contributed by atoms with E-state index in [0.29, 0.717) is 17.1 Å². The highest BCUT2D eigenvalue weighted by Gasteiger charge is 2.13. The number of hydrogen-bond acceptors (Lipinski definition) is 5. The number of nitrogens with one attached hydrogen (secondary N) is 1. The van der Waals surface area contributed by atoms with Gasteiger partial charge in [0.15, 0.2) is 6.10 Å². The number of carbonyl (C=O) groups is 1. The molecule has 0 aliphatic carbocycles. The molecule has 122 valence electrons. The number of para-hydroxylation sites is 1. The molecule has 0 radical (unpaired) electrons. The molecule has 0 heterocycles. The van der Waals surface area contributed by atoms with E-state index in [0.717, 1.165) is 5.56 Å². The fourth-order valence-electron chi connectivity index (χ4n) is 1.90. The van der Waals surface area contributed by atoms with Gasteiger partial charge in [-0.05, 0) is 43.3 Å². The van der Waals surface area contributed by atoms with Gasteiger partial charge < -0.3 is 9.47 Å². The zero-order valence-electron chi connectivity index (χ0n) is 13.4. The minimum Gasteiger partial charge on any atom is -0.496 e. The molecule has 1 atom stereocenters. The van der Waals surface area contributed by atoms with Crippen LogP contribution in [0.25, 0.3) is 0 Å². The SMILES string of the molecule is COc1ccccc1/C=N/NC(=O)C(C)Oc1ccc(C#N)cc1. The molecule has 0 saturated heterocycles. The van der Waals surface area contributed by atoms with Crippen molar-refractivity contribution in [2.75, 3.05) is 7.11 Å². The lowest BCUT2D eigenvalue weighted by Crippen LogP contribution is -2.33. The first kappa shape index (κ1) is 17.0. The van der Waals surface area contributed by atoms with E-state index in [9.17, 15) is 4.79 Å². The van der Waals surface area contributed by atoms with E-state index < -0.39 is 6.10 Å². The van der Waals surface area contributed by atoms with Gasteiger partial charge in [0, 0.05) is 5.56 Å². The zero-order valence-corrected chi connectivity index (χ0v) is 13.4. The Balaban J connectivity index is 1.91. The second-order valence-corrected chi connectivity index (χ2v) is 4.87. The molecular weight excluding hydrogens is 306 g/mol. The molecule has 1 unspecified atom stereocenters. The van der Waals surface area contributed by atoms with Crippen LogP contribution in [0.15, 0.2) is 53.6 Å². The van der Waals surface area contributed by atoms with Gasteiger partial charge in [-0.2, -0.15) is 10.4 Å². The first-order valence-corrected chi connectivity index (χ1v) is 7.27. The number of ether oxygens (including phenoxy) is 2. The van der Waals surface area contributed by atoms with Crippen LogP contribution in [-0.4, -0.2) is 25.3 Å². The van der Waals surface area contributed by atoms with Crippen molar-refractivity contribution in [3.05, 3.63) is 59.7 Å². The number of amides is 1. The third kappa shape index (κ3) is 4.58. The molecule has 6 nitrogen and oxygen atoms in total.